The molecule has 8 heteroatoms. The van der Waals surface area contributed by atoms with Crippen LogP contribution in [0.25, 0.3) is 0 Å². The first-order valence-corrected chi connectivity index (χ1v) is 7.50. The van der Waals surface area contributed by atoms with Gasteiger partial charge in [-0.3, -0.25) is 0 Å². The number of rotatable bonds is 4. The van der Waals surface area contributed by atoms with E-state index in [4.69, 9.17) is 21.1 Å². The van der Waals surface area contributed by atoms with E-state index >= 15 is 0 Å². The molecule has 1 aliphatic heterocycles. The monoisotopic (exact) mass is 373 g/mol. The molecule has 112 valence electrons. The zero-order chi connectivity index (χ0) is 14.9. The van der Waals surface area contributed by atoms with Gasteiger partial charge in [-0.25, -0.2) is 9.67 Å². The molecule has 2 aromatic rings. The molecule has 0 amide bonds. The summed E-state index contributed by atoms with van der Waals surface area (Å²) in [5.74, 6) is -1.04. The zero-order valence-electron chi connectivity index (χ0n) is 10.9. The molecule has 0 aliphatic carbocycles. The summed E-state index contributed by atoms with van der Waals surface area (Å²) in [5.41, 5.74) is 0.790. The van der Waals surface area contributed by atoms with E-state index < -0.39 is 5.79 Å². The van der Waals surface area contributed by atoms with Crippen molar-refractivity contribution < 1.29 is 14.6 Å². The van der Waals surface area contributed by atoms with Gasteiger partial charge in [0, 0.05) is 15.1 Å². The highest BCUT2D eigenvalue weighted by molar-refractivity contribution is 9.10. The van der Waals surface area contributed by atoms with Crippen molar-refractivity contribution in [3.63, 3.8) is 0 Å². The second-order valence-electron chi connectivity index (χ2n) is 4.70. The van der Waals surface area contributed by atoms with Crippen molar-refractivity contribution in [3.05, 3.63) is 45.9 Å². The molecule has 6 nitrogen and oxygen atoms in total. The van der Waals surface area contributed by atoms with Gasteiger partial charge in [0.1, 0.15) is 25.3 Å². The fourth-order valence-electron chi connectivity index (χ4n) is 2.29. The van der Waals surface area contributed by atoms with Crippen LogP contribution in [0.4, 0.5) is 0 Å². The van der Waals surface area contributed by atoms with Crippen molar-refractivity contribution in [1.29, 1.82) is 0 Å². The van der Waals surface area contributed by atoms with Crippen molar-refractivity contribution in [1.82, 2.24) is 14.8 Å². The lowest BCUT2D eigenvalue weighted by Gasteiger charge is -2.29. The zero-order valence-corrected chi connectivity index (χ0v) is 13.3. The Morgan fingerprint density at radius 2 is 2.38 bits per heavy atom. The molecule has 21 heavy (non-hydrogen) atoms. The predicted molar refractivity (Wildman–Crippen MR) is 78.8 cm³/mol. The van der Waals surface area contributed by atoms with E-state index in [1.165, 1.54) is 6.33 Å². The average Bonchev–Trinajstić information content (AvgIpc) is 3.09. The van der Waals surface area contributed by atoms with Crippen LogP contribution >= 0.6 is 27.5 Å². The molecule has 1 saturated heterocycles. The Hall–Kier alpha value is -0.990. The Kier molecular flexibility index (Phi) is 4.28. The van der Waals surface area contributed by atoms with Crippen LogP contribution in [0, 0.1) is 0 Å². The first-order valence-electron chi connectivity index (χ1n) is 6.33. The maximum atomic E-state index is 9.31. The molecule has 1 fully saturated rings. The van der Waals surface area contributed by atoms with Crippen molar-refractivity contribution in [2.75, 3.05) is 13.2 Å². The quantitative estimate of drug-likeness (QED) is 0.886. The van der Waals surface area contributed by atoms with Crippen LogP contribution in [0.5, 0.6) is 0 Å². The largest absolute Gasteiger partial charge is 0.394 e. The normalized spacial score (nSPS) is 25.4. The number of nitrogens with zero attached hydrogens (tertiary/aromatic N) is 3. The second kappa shape index (κ2) is 6.02. The van der Waals surface area contributed by atoms with Crippen molar-refractivity contribution >= 4 is 27.5 Å². The van der Waals surface area contributed by atoms with Gasteiger partial charge in [0.25, 0.3) is 0 Å². The van der Waals surface area contributed by atoms with E-state index in [0.717, 1.165) is 10.0 Å². The van der Waals surface area contributed by atoms with Gasteiger partial charge >= 0.3 is 0 Å². The van der Waals surface area contributed by atoms with Crippen LogP contribution in [0.15, 0.2) is 35.3 Å². The standard InChI is InChI=1S/C13H13BrClN3O3/c14-12-3-9(15)1-2-11(12)13(6-18-8-16-7-17-18)20-5-10(4-19)21-13/h1-3,7-8,10,19H,4-6H2/t10-,13-/m1/s1. The van der Waals surface area contributed by atoms with Gasteiger partial charge in [-0.2, -0.15) is 5.10 Å². The molecule has 0 spiro atoms. The number of ether oxygens (including phenoxy) is 2. The topological polar surface area (TPSA) is 69.4 Å². The molecule has 1 aromatic heterocycles. The molecule has 2 atom stereocenters. The number of hydrogen-bond acceptors (Lipinski definition) is 5. The molecule has 1 N–H and O–H groups in total. The summed E-state index contributed by atoms with van der Waals surface area (Å²) in [6.07, 6.45) is 2.66. The molecule has 0 saturated carbocycles. The number of halogens is 2. The van der Waals surface area contributed by atoms with E-state index in [-0.39, 0.29) is 12.7 Å². The fourth-order valence-corrected chi connectivity index (χ4v) is 3.27. The molecule has 0 bridgehead atoms. The molecule has 1 aliphatic rings. The van der Waals surface area contributed by atoms with E-state index in [9.17, 15) is 5.11 Å². The summed E-state index contributed by atoms with van der Waals surface area (Å²) in [4.78, 5) is 3.92. The first-order chi connectivity index (χ1) is 10.1. The fraction of sp³-hybridized carbons (Fsp3) is 0.385. The molecular weight excluding hydrogens is 362 g/mol. The molecule has 0 unspecified atom stereocenters. The molecule has 2 heterocycles. The summed E-state index contributed by atoms with van der Waals surface area (Å²) in [5, 5.41) is 14.0. The number of aromatic nitrogens is 3. The number of hydrogen-bond donors (Lipinski definition) is 1. The Labute approximate surface area is 134 Å². The summed E-state index contributed by atoms with van der Waals surface area (Å²) in [7, 11) is 0. The summed E-state index contributed by atoms with van der Waals surface area (Å²) in [6, 6.07) is 5.38. The van der Waals surface area contributed by atoms with Crippen LogP contribution in [0.2, 0.25) is 5.02 Å². The maximum absolute atomic E-state index is 9.31. The number of benzene rings is 1. The number of aliphatic hydroxyl groups is 1. The van der Waals surface area contributed by atoms with Gasteiger partial charge < -0.3 is 14.6 Å². The molecule has 3 rings (SSSR count). The third-order valence-corrected chi connectivity index (χ3v) is 4.13. The van der Waals surface area contributed by atoms with E-state index in [0.29, 0.717) is 18.2 Å². The average molecular weight is 375 g/mol. The number of aliphatic hydroxyl groups excluding tert-OH is 1. The third kappa shape index (κ3) is 2.97. The van der Waals surface area contributed by atoms with E-state index in [2.05, 4.69) is 26.0 Å². The van der Waals surface area contributed by atoms with Gasteiger partial charge in [-0.05, 0) is 12.1 Å². The summed E-state index contributed by atoms with van der Waals surface area (Å²) in [6.45, 7) is 0.522. The van der Waals surface area contributed by atoms with Crippen molar-refractivity contribution in [2.24, 2.45) is 0 Å². The van der Waals surface area contributed by atoms with Crippen LogP contribution < -0.4 is 0 Å². The first kappa shape index (κ1) is 14.9. The highest BCUT2D eigenvalue weighted by Gasteiger charge is 2.45. The Balaban J connectivity index is 1.99. The van der Waals surface area contributed by atoms with Gasteiger partial charge in [-0.15, -0.1) is 0 Å². The van der Waals surface area contributed by atoms with E-state index in [1.54, 1.807) is 23.1 Å². The Morgan fingerprint density at radius 3 is 3.00 bits per heavy atom. The summed E-state index contributed by atoms with van der Waals surface area (Å²) < 4.78 is 14.2. The van der Waals surface area contributed by atoms with Crippen LogP contribution in [-0.4, -0.2) is 39.2 Å². The van der Waals surface area contributed by atoms with Crippen LogP contribution in [0.3, 0.4) is 0 Å². The lowest BCUT2D eigenvalue weighted by atomic mass is 10.1. The highest BCUT2D eigenvalue weighted by Crippen LogP contribution is 2.40. The summed E-state index contributed by atoms with van der Waals surface area (Å²) >= 11 is 9.47. The smallest absolute Gasteiger partial charge is 0.216 e. The third-order valence-electron chi connectivity index (χ3n) is 3.24. The Bertz CT molecular complexity index is 625. The lowest BCUT2D eigenvalue weighted by molar-refractivity contribution is -0.192. The second-order valence-corrected chi connectivity index (χ2v) is 5.99. The molecule has 1 aromatic carbocycles. The minimum atomic E-state index is -1.04. The van der Waals surface area contributed by atoms with Gasteiger partial charge in [0.15, 0.2) is 0 Å². The van der Waals surface area contributed by atoms with Crippen molar-refractivity contribution in [3.8, 4) is 0 Å². The van der Waals surface area contributed by atoms with E-state index in [1.807, 2.05) is 6.07 Å². The Morgan fingerprint density at radius 1 is 1.52 bits per heavy atom. The van der Waals surface area contributed by atoms with Crippen LogP contribution in [-0.2, 0) is 21.8 Å². The van der Waals surface area contributed by atoms with Crippen molar-refractivity contribution in [2.45, 2.75) is 18.4 Å². The van der Waals surface area contributed by atoms with Gasteiger partial charge in [0.2, 0.25) is 5.79 Å². The minimum Gasteiger partial charge on any atom is -0.394 e. The minimum absolute atomic E-state index is 0.107. The molecular formula is C13H13BrClN3O3. The van der Waals surface area contributed by atoms with Gasteiger partial charge in [0.05, 0.1) is 13.2 Å². The lowest BCUT2D eigenvalue weighted by Crippen LogP contribution is -2.34. The SMILES string of the molecule is OC[C@@H]1CO[C@@](Cn2cncn2)(c2ccc(Cl)cc2Br)O1. The van der Waals surface area contributed by atoms with Gasteiger partial charge in [-0.1, -0.05) is 33.6 Å². The highest BCUT2D eigenvalue weighted by atomic mass is 79.9. The maximum Gasteiger partial charge on any atom is 0.216 e. The van der Waals surface area contributed by atoms with Crippen LogP contribution in [0.1, 0.15) is 5.56 Å². The predicted octanol–water partition coefficient (Wildman–Crippen LogP) is 1.95. The molecule has 0 radical (unpaired) electrons.